The summed E-state index contributed by atoms with van der Waals surface area (Å²) in [6, 6.07) is 0. The van der Waals surface area contributed by atoms with Gasteiger partial charge in [0.2, 0.25) is 5.91 Å². The lowest BCUT2D eigenvalue weighted by atomic mass is 9.81. The Hall–Kier alpha value is -0.220. The molecule has 0 aromatic rings. The molecule has 1 aliphatic carbocycles. The van der Waals surface area contributed by atoms with E-state index < -0.39 is 5.54 Å². The van der Waals surface area contributed by atoms with Crippen molar-refractivity contribution in [2.45, 2.75) is 62.5 Å². The lowest BCUT2D eigenvalue weighted by molar-refractivity contribution is -0.125. The van der Waals surface area contributed by atoms with Crippen molar-refractivity contribution in [3.63, 3.8) is 0 Å². The molecule has 0 aliphatic heterocycles. The number of rotatable bonds is 5. The van der Waals surface area contributed by atoms with Crippen molar-refractivity contribution < 1.29 is 4.79 Å². The highest BCUT2D eigenvalue weighted by Gasteiger charge is 2.40. The molecule has 0 aromatic heterocycles. The molecule has 1 aliphatic rings. The Morgan fingerprint density at radius 2 is 2.12 bits per heavy atom. The van der Waals surface area contributed by atoms with Crippen LogP contribution in [0.4, 0.5) is 0 Å². The first-order valence-corrected chi connectivity index (χ1v) is 7.50. The average Bonchev–Trinajstić information content (AvgIpc) is 2.28. The third-order valence-corrected chi connectivity index (χ3v) is 5.76. The summed E-state index contributed by atoms with van der Waals surface area (Å²) >= 11 is 2.02. The molecule has 0 spiro atoms. The number of carbonyl (C=O) groups is 1. The zero-order valence-corrected chi connectivity index (χ0v) is 12.3. The molecular formula is C13H26N2OS. The number of hydrogen-bond donors (Lipinski definition) is 2. The zero-order chi connectivity index (χ0) is 13.1. The van der Waals surface area contributed by atoms with Gasteiger partial charge in [-0.05, 0) is 38.6 Å². The fraction of sp³-hybridized carbons (Fsp3) is 0.923. The molecule has 0 aromatic carbocycles. The van der Waals surface area contributed by atoms with Crippen LogP contribution in [-0.4, -0.2) is 29.0 Å². The van der Waals surface area contributed by atoms with Crippen LogP contribution in [0.2, 0.25) is 0 Å². The van der Waals surface area contributed by atoms with Gasteiger partial charge < -0.3 is 11.1 Å². The van der Waals surface area contributed by atoms with E-state index in [-0.39, 0.29) is 5.91 Å². The monoisotopic (exact) mass is 258 g/mol. The van der Waals surface area contributed by atoms with E-state index in [4.69, 9.17) is 5.73 Å². The molecule has 0 saturated heterocycles. The Kier molecular flexibility index (Phi) is 5.32. The maximum absolute atomic E-state index is 11.6. The van der Waals surface area contributed by atoms with Gasteiger partial charge in [0.25, 0.3) is 0 Å². The molecule has 1 rings (SSSR count). The summed E-state index contributed by atoms with van der Waals surface area (Å²) in [6.07, 6.45) is 4.05. The van der Waals surface area contributed by atoms with E-state index in [9.17, 15) is 4.79 Å². The largest absolute Gasteiger partial charge is 0.368 e. The van der Waals surface area contributed by atoms with Crippen LogP contribution in [0.25, 0.3) is 0 Å². The SMILES string of the molecule is CNC1(C(N)=O)CCCC(SC(C)C(C)C)C1. The van der Waals surface area contributed by atoms with Crippen LogP contribution < -0.4 is 11.1 Å². The van der Waals surface area contributed by atoms with E-state index in [1.807, 2.05) is 18.8 Å². The van der Waals surface area contributed by atoms with E-state index in [1.54, 1.807) is 0 Å². The average molecular weight is 258 g/mol. The number of likely N-dealkylation sites (N-methyl/N-ethyl adjacent to an activating group) is 1. The Labute approximate surface area is 109 Å². The molecule has 0 radical (unpaired) electrons. The van der Waals surface area contributed by atoms with Crippen LogP contribution >= 0.6 is 11.8 Å². The van der Waals surface area contributed by atoms with Gasteiger partial charge in [0, 0.05) is 10.5 Å². The summed E-state index contributed by atoms with van der Waals surface area (Å²) < 4.78 is 0. The number of amides is 1. The predicted octanol–water partition coefficient (Wildman–Crippen LogP) is 2.15. The molecule has 3 unspecified atom stereocenters. The van der Waals surface area contributed by atoms with Gasteiger partial charge in [0.05, 0.1) is 5.54 Å². The van der Waals surface area contributed by atoms with Crippen molar-refractivity contribution >= 4 is 17.7 Å². The van der Waals surface area contributed by atoms with Crippen molar-refractivity contribution in [3.05, 3.63) is 0 Å². The highest BCUT2D eigenvalue weighted by Crippen LogP contribution is 2.37. The van der Waals surface area contributed by atoms with Gasteiger partial charge in [0.15, 0.2) is 0 Å². The second-order valence-corrected chi connectivity index (χ2v) is 7.18. The van der Waals surface area contributed by atoms with Gasteiger partial charge in [0.1, 0.15) is 0 Å². The number of thioether (sulfide) groups is 1. The Bertz CT molecular complexity index is 270. The third kappa shape index (κ3) is 3.62. The summed E-state index contributed by atoms with van der Waals surface area (Å²) in [5, 5.41) is 4.36. The number of primary amides is 1. The minimum absolute atomic E-state index is 0.192. The summed E-state index contributed by atoms with van der Waals surface area (Å²) in [6.45, 7) is 6.77. The van der Waals surface area contributed by atoms with Crippen molar-refractivity contribution in [2.24, 2.45) is 11.7 Å². The van der Waals surface area contributed by atoms with Crippen LogP contribution in [-0.2, 0) is 4.79 Å². The summed E-state index contributed by atoms with van der Waals surface area (Å²) in [7, 11) is 1.85. The van der Waals surface area contributed by atoms with E-state index in [0.29, 0.717) is 16.4 Å². The third-order valence-electron chi connectivity index (χ3n) is 4.00. The van der Waals surface area contributed by atoms with Crippen LogP contribution in [0.5, 0.6) is 0 Å². The Morgan fingerprint density at radius 1 is 1.47 bits per heavy atom. The first kappa shape index (κ1) is 14.8. The zero-order valence-electron chi connectivity index (χ0n) is 11.5. The standard InChI is InChI=1S/C13H26N2OS/c1-9(2)10(3)17-11-6-5-7-13(8-11,15-4)12(14)16/h9-11,15H,5-8H2,1-4H3,(H2,14,16). The van der Waals surface area contributed by atoms with Crippen molar-refractivity contribution in [2.75, 3.05) is 7.05 Å². The lowest BCUT2D eigenvalue weighted by Crippen LogP contribution is -2.57. The van der Waals surface area contributed by atoms with E-state index >= 15 is 0 Å². The first-order valence-electron chi connectivity index (χ1n) is 6.55. The van der Waals surface area contributed by atoms with E-state index in [1.165, 1.54) is 6.42 Å². The molecule has 1 saturated carbocycles. The molecule has 100 valence electrons. The summed E-state index contributed by atoms with van der Waals surface area (Å²) in [4.78, 5) is 11.6. The molecule has 1 fully saturated rings. The van der Waals surface area contributed by atoms with Crippen molar-refractivity contribution in [1.29, 1.82) is 0 Å². The minimum atomic E-state index is -0.466. The van der Waals surface area contributed by atoms with Gasteiger partial charge >= 0.3 is 0 Å². The Balaban J connectivity index is 2.62. The fourth-order valence-electron chi connectivity index (χ4n) is 2.38. The second kappa shape index (κ2) is 6.10. The van der Waals surface area contributed by atoms with Gasteiger partial charge in [-0.1, -0.05) is 20.8 Å². The van der Waals surface area contributed by atoms with Gasteiger partial charge in [-0.3, -0.25) is 4.79 Å². The fourth-order valence-corrected chi connectivity index (χ4v) is 3.98. The van der Waals surface area contributed by atoms with Crippen molar-refractivity contribution in [3.8, 4) is 0 Å². The smallest absolute Gasteiger partial charge is 0.237 e. The summed E-state index contributed by atoms with van der Waals surface area (Å²) in [5.74, 6) is 0.488. The quantitative estimate of drug-likeness (QED) is 0.794. The highest BCUT2D eigenvalue weighted by atomic mass is 32.2. The number of nitrogens with two attached hydrogens (primary N) is 1. The van der Waals surface area contributed by atoms with Crippen LogP contribution in [0.15, 0.2) is 0 Å². The molecule has 17 heavy (non-hydrogen) atoms. The topological polar surface area (TPSA) is 55.1 Å². The van der Waals surface area contributed by atoms with Crippen molar-refractivity contribution in [1.82, 2.24) is 5.32 Å². The lowest BCUT2D eigenvalue weighted by Gasteiger charge is -2.39. The van der Waals surface area contributed by atoms with Crippen LogP contribution in [0, 0.1) is 5.92 Å². The molecule has 0 bridgehead atoms. The molecule has 3 atom stereocenters. The molecule has 3 nitrogen and oxygen atoms in total. The highest BCUT2D eigenvalue weighted by molar-refractivity contribution is 8.00. The first-order chi connectivity index (χ1) is 7.91. The minimum Gasteiger partial charge on any atom is -0.368 e. The molecule has 0 heterocycles. The molecule has 4 heteroatoms. The number of nitrogens with one attached hydrogen (secondary N) is 1. The van der Waals surface area contributed by atoms with Gasteiger partial charge in [-0.25, -0.2) is 0 Å². The summed E-state index contributed by atoms with van der Waals surface area (Å²) in [5.41, 5.74) is 5.09. The molecule has 1 amide bonds. The van der Waals surface area contributed by atoms with Crippen LogP contribution in [0.1, 0.15) is 46.5 Å². The second-order valence-electron chi connectivity index (χ2n) is 5.50. The maximum Gasteiger partial charge on any atom is 0.237 e. The van der Waals surface area contributed by atoms with E-state index in [0.717, 1.165) is 19.3 Å². The molecular weight excluding hydrogens is 232 g/mol. The van der Waals surface area contributed by atoms with Gasteiger partial charge in [-0.2, -0.15) is 11.8 Å². The Morgan fingerprint density at radius 3 is 2.59 bits per heavy atom. The van der Waals surface area contributed by atoms with E-state index in [2.05, 4.69) is 26.1 Å². The van der Waals surface area contributed by atoms with Gasteiger partial charge in [-0.15, -0.1) is 0 Å². The normalized spacial score (nSPS) is 31.5. The predicted molar refractivity (Wildman–Crippen MR) is 75.1 cm³/mol. The number of hydrogen-bond acceptors (Lipinski definition) is 3. The van der Waals surface area contributed by atoms with Crippen LogP contribution in [0.3, 0.4) is 0 Å². The number of carbonyl (C=O) groups excluding carboxylic acids is 1. The molecule has 3 N–H and O–H groups in total. The maximum atomic E-state index is 11.6.